The van der Waals surface area contributed by atoms with Crippen LogP contribution in [0.25, 0.3) is 0 Å². The zero-order valence-corrected chi connectivity index (χ0v) is 14.1. The van der Waals surface area contributed by atoms with Crippen LogP contribution < -0.4 is 10.5 Å². The van der Waals surface area contributed by atoms with Crippen molar-refractivity contribution < 1.29 is 8.42 Å². The molecule has 1 saturated carbocycles. The number of rotatable bonds is 7. The minimum atomic E-state index is -3.45. The Hall–Kier alpha value is 0.150. The molecule has 1 unspecified atom stereocenters. The minimum Gasteiger partial charge on any atom is -0.392 e. The van der Waals surface area contributed by atoms with E-state index in [0.717, 1.165) is 12.8 Å². The third-order valence-electron chi connectivity index (χ3n) is 3.86. The first-order valence-electron chi connectivity index (χ1n) is 6.70. The Morgan fingerprint density at radius 2 is 2.00 bits per heavy atom. The van der Waals surface area contributed by atoms with E-state index >= 15 is 0 Å². The maximum Gasteiger partial charge on any atom is 0.221 e. The van der Waals surface area contributed by atoms with Crippen molar-refractivity contribution in [2.45, 2.75) is 55.4 Å². The summed E-state index contributed by atoms with van der Waals surface area (Å²) in [5, 5.41) is -0.759. The average Bonchev–Trinajstić information content (AvgIpc) is 2.38. The molecule has 19 heavy (non-hydrogen) atoms. The van der Waals surface area contributed by atoms with Gasteiger partial charge in [-0.15, -0.1) is 0 Å². The van der Waals surface area contributed by atoms with Crippen LogP contribution in [0.15, 0.2) is 0 Å². The van der Waals surface area contributed by atoms with Crippen LogP contribution in [0.2, 0.25) is 0 Å². The molecular weight excluding hydrogens is 300 g/mol. The fourth-order valence-corrected chi connectivity index (χ4v) is 5.53. The second-order valence-electron chi connectivity index (χ2n) is 5.11. The smallest absolute Gasteiger partial charge is 0.221 e. The van der Waals surface area contributed by atoms with Crippen LogP contribution in [0, 0.1) is 0 Å². The Labute approximate surface area is 126 Å². The highest BCUT2D eigenvalue weighted by Crippen LogP contribution is 2.38. The summed E-state index contributed by atoms with van der Waals surface area (Å²) in [7, 11) is -3.45. The molecule has 0 spiro atoms. The molecule has 1 aliphatic rings. The highest BCUT2D eigenvalue weighted by molar-refractivity contribution is 8.00. The number of hydrogen-bond donors (Lipinski definition) is 2. The van der Waals surface area contributed by atoms with Gasteiger partial charge in [0.15, 0.2) is 0 Å². The van der Waals surface area contributed by atoms with Crippen LogP contribution in [0.3, 0.4) is 0 Å². The minimum absolute atomic E-state index is 0.0415. The van der Waals surface area contributed by atoms with Gasteiger partial charge in [0, 0.05) is 11.3 Å². The van der Waals surface area contributed by atoms with Gasteiger partial charge in [-0.05, 0) is 25.5 Å². The number of thioether (sulfide) groups is 1. The number of nitrogens with one attached hydrogen (secondary N) is 1. The molecule has 0 heterocycles. The summed E-state index contributed by atoms with van der Waals surface area (Å²) < 4.78 is 27.2. The third-order valence-corrected chi connectivity index (χ3v) is 7.59. The van der Waals surface area contributed by atoms with E-state index in [0.29, 0.717) is 13.0 Å². The Morgan fingerprint density at radius 3 is 2.42 bits per heavy atom. The average molecular weight is 325 g/mol. The molecule has 112 valence electrons. The topological polar surface area (TPSA) is 72.2 Å². The molecule has 0 aromatic rings. The molecule has 1 rings (SSSR count). The largest absolute Gasteiger partial charge is 0.392 e. The SMILES string of the molecule is CCC(C(N)=S)S(=O)(=O)NCC1(SC)CCCCC1. The summed E-state index contributed by atoms with van der Waals surface area (Å²) in [5.74, 6) is 0. The van der Waals surface area contributed by atoms with Crippen molar-refractivity contribution in [1.82, 2.24) is 4.72 Å². The summed E-state index contributed by atoms with van der Waals surface area (Å²) in [5.41, 5.74) is 5.51. The molecule has 4 nitrogen and oxygen atoms in total. The maximum absolute atomic E-state index is 12.2. The second kappa shape index (κ2) is 7.24. The first-order chi connectivity index (χ1) is 8.87. The molecule has 0 radical (unpaired) electrons. The van der Waals surface area contributed by atoms with E-state index in [1.165, 1.54) is 19.3 Å². The normalized spacial score (nSPS) is 20.9. The lowest BCUT2D eigenvalue weighted by atomic mass is 9.88. The summed E-state index contributed by atoms with van der Waals surface area (Å²) in [6, 6.07) is 0. The Balaban J connectivity index is 2.70. The molecule has 0 saturated heterocycles. The standard InChI is InChI=1S/C12H24N2O2S3/c1-3-10(11(13)17)19(15,16)14-9-12(18-2)7-5-4-6-8-12/h10,14H,3-9H2,1-2H3,(H2,13,17). The van der Waals surface area contributed by atoms with Gasteiger partial charge in [-0.1, -0.05) is 38.4 Å². The van der Waals surface area contributed by atoms with Crippen molar-refractivity contribution in [1.29, 1.82) is 0 Å². The van der Waals surface area contributed by atoms with Crippen molar-refractivity contribution in [2.75, 3.05) is 12.8 Å². The summed E-state index contributed by atoms with van der Waals surface area (Å²) >= 11 is 6.62. The van der Waals surface area contributed by atoms with Crippen molar-refractivity contribution in [3.63, 3.8) is 0 Å². The van der Waals surface area contributed by atoms with Gasteiger partial charge in [0.25, 0.3) is 0 Å². The monoisotopic (exact) mass is 324 g/mol. The Bertz CT molecular complexity index is 403. The number of sulfonamides is 1. The molecule has 0 aromatic carbocycles. The van der Waals surface area contributed by atoms with Gasteiger partial charge in [-0.3, -0.25) is 0 Å². The lowest BCUT2D eigenvalue weighted by molar-refractivity contribution is 0.394. The van der Waals surface area contributed by atoms with Gasteiger partial charge < -0.3 is 5.73 Å². The van der Waals surface area contributed by atoms with Gasteiger partial charge in [0.05, 0.1) is 4.99 Å². The molecule has 0 aromatic heterocycles. The molecular formula is C12H24N2O2S3. The zero-order chi connectivity index (χ0) is 14.5. The number of thiocarbonyl (C=S) groups is 1. The summed E-state index contributed by atoms with van der Waals surface area (Å²) in [6.07, 6.45) is 8.21. The third kappa shape index (κ3) is 4.58. The van der Waals surface area contributed by atoms with Gasteiger partial charge in [-0.2, -0.15) is 11.8 Å². The van der Waals surface area contributed by atoms with E-state index in [1.54, 1.807) is 18.7 Å². The van der Waals surface area contributed by atoms with Gasteiger partial charge in [0.1, 0.15) is 5.25 Å². The van der Waals surface area contributed by atoms with E-state index in [2.05, 4.69) is 11.0 Å². The van der Waals surface area contributed by atoms with Crippen LogP contribution >= 0.6 is 24.0 Å². The number of nitrogens with two attached hydrogens (primary N) is 1. The lowest BCUT2D eigenvalue weighted by Gasteiger charge is -2.36. The van der Waals surface area contributed by atoms with E-state index in [4.69, 9.17) is 18.0 Å². The van der Waals surface area contributed by atoms with Crippen molar-refractivity contribution in [2.24, 2.45) is 5.73 Å². The highest BCUT2D eigenvalue weighted by atomic mass is 32.2. The maximum atomic E-state index is 12.2. The predicted molar refractivity (Wildman–Crippen MR) is 87.1 cm³/mol. The van der Waals surface area contributed by atoms with Crippen LogP contribution in [-0.4, -0.2) is 36.2 Å². The van der Waals surface area contributed by atoms with E-state index < -0.39 is 15.3 Å². The quantitative estimate of drug-likeness (QED) is 0.701. The zero-order valence-electron chi connectivity index (χ0n) is 11.6. The fraction of sp³-hybridized carbons (Fsp3) is 0.917. The van der Waals surface area contributed by atoms with Crippen LogP contribution in [0.4, 0.5) is 0 Å². The van der Waals surface area contributed by atoms with E-state index in [-0.39, 0.29) is 9.74 Å². The first kappa shape index (κ1) is 17.2. The molecule has 0 bridgehead atoms. The molecule has 1 aliphatic carbocycles. The van der Waals surface area contributed by atoms with Gasteiger partial charge in [0.2, 0.25) is 10.0 Å². The van der Waals surface area contributed by atoms with Crippen molar-refractivity contribution >= 4 is 39.0 Å². The van der Waals surface area contributed by atoms with Crippen LogP contribution in [0.1, 0.15) is 45.4 Å². The molecule has 3 N–H and O–H groups in total. The molecule has 1 atom stereocenters. The van der Waals surface area contributed by atoms with Gasteiger partial charge >= 0.3 is 0 Å². The summed E-state index contributed by atoms with van der Waals surface area (Å²) in [4.78, 5) is 0.0526. The molecule has 0 amide bonds. The Kier molecular flexibility index (Phi) is 6.56. The van der Waals surface area contributed by atoms with Crippen molar-refractivity contribution in [3.8, 4) is 0 Å². The summed E-state index contributed by atoms with van der Waals surface area (Å²) in [6.45, 7) is 2.27. The van der Waals surface area contributed by atoms with E-state index in [1.807, 2.05) is 0 Å². The Morgan fingerprint density at radius 1 is 1.42 bits per heavy atom. The molecule has 0 aliphatic heterocycles. The second-order valence-corrected chi connectivity index (χ2v) is 8.81. The molecule has 1 fully saturated rings. The first-order valence-corrected chi connectivity index (χ1v) is 9.88. The fourth-order valence-electron chi connectivity index (χ4n) is 2.56. The van der Waals surface area contributed by atoms with Crippen molar-refractivity contribution in [3.05, 3.63) is 0 Å². The van der Waals surface area contributed by atoms with E-state index in [9.17, 15) is 8.42 Å². The number of hydrogen-bond acceptors (Lipinski definition) is 4. The lowest BCUT2D eigenvalue weighted by Crippen LogP contribution is -2.47. The van der Waals surface area contributed by atoms with Gasteiger partial charge in [-0.25, -0.2) is 13.1 Å². The van der Waals surface area contributed by atoms with Crippen LogP contribution in [0.5, 0.6) is 0 Å². The predicted octanol–water partition coefficient (Wildman–Crippen LogP) is 2.04. The molecule has 7 heteroatoms. The van der Waals surface area contributed by atoms with Crippen LogP contribution in [-0.2, 0) is 10.0 Å². The highest BCUT2D eigenvalue weighted by Gasteiger charge is 2.34.